The lowest BCUT2D eigenvalue weighted by Crippen LogP contribution is -2.05. The minimum atomic E-state index is -0.973. The molecule has 1 aliphatic heterocycles. The molecule has 9 heavy (non-hydrogen) atoms. The Hall–Kier alpha value is -0.990. The molecule has 1 rings (SSSR count). The van der Waals surface area contributed by atoms with Crippen molar-refractivity contribution in [3.8, 4) is 0 Å². The molecule has 0 saturated carbocycles. The summed E-state index contributed by atoms with van der Waals surface area (Å²) in [6, 6.07) is 0. The minimum absolute atomic E-state index is 0.0381. The first-order chi connectivity index (χ1) is 4.20. The number of carbonyl (C=O) groups is 1. The molecule has 1 N–H and O–H groups in total. The zero-order chi connectivity index (χ0) is 6.85. The third kappa shape index (κ3) is 1.22. The molecule has 0 fully saturated rings. The van der Waals surface area contributed by atoms with Crippen molar-refractivity contribution < 1.29 is 14.6 Å². The predicted molar refractivity (Wildman–Crippen MR) is 30.9 cm³/mol. The molecule has 0 aromatic heterocycles. The Balaban J connectivity index is 2.55. The highest BCUT2D eigenvalue weighted by Gasteiger charge is 2.18. The van der Waals surface area contributed by atoms with Crippen molar-refractivity contribution in [1.82, 2.24) is 0 Å². The van der Waals surface area contributed by atoms with Crippen LogP contribution in [-0.4, -0.2) is 17.2 Å². The Kier molecular flexibility index (Phi) is 1.42. The molecule has 0 aromatic carbocycles. The van der Waals surface area contributed by atoms with Gasteiger partial charge in [-0.15, -0.1) is 0 Å². The topological polar surface area (TPSA) is 46.5 Å². The monoisotopic (exact) mass is 128 g/mol. The van der Waals surface area contributed by atoms with Crippen LogP contribution in [0, 0.1) is 0 Å². The number of hydrogen-bond acceptors (Lipinski definition) is 2. The summed E-state index contributed by atoms with van der Waals surface area (Å²) in [6.07, 6.45) is 2.34. The molecule has 1 unspecified atom stereocenters. The highest BCUT2D eigenvalue weighted by Crippen LogP contribution is 2.15. The van der Waals surface area contributed by atoms with Crippen LogP contribution in [-0.2, 0) is 9.53 Å². The summed E-state index contributed by atoms with van der Waals surface area (Å²) >= 11 is 0. The zero-order valence-corrected chi connectivity index (χ0v) is 5.13. The van der Waals surface area contributed by atoms with Crippen LogP contribution in [0.4, 0.5) is 0 Å². The van der Waals surface area contributed by atoms with Gasteiger partial charge in [-0.25, -0.2) is 4.79 Å². The quantitative estimate of drug-likeness (QED) is 0.567. The van der Waals surface area contributed by atoms with E-state index in [1.54, 1.807) is 6.08 Å². The van der Waals surface area contributed by atoms with Crippen molar-refractivity contribution in [1.29, 1.82) is 0 Å². The summed E-state index contributed by atoms with van der Waals surface area (Å²) in [7, 11) is 0. The predicted octanol–water partition coefficient (Wildman–Crippen LogP) is 0.764. The van der Waals surface area contributed by atoms with Crippen LogP contribution in [0.2, 0.25) is 0 Å². The average Bonchev–Trinajstić information content (AvgIpc) is 2.14. The molecule has 0 spiro atoms. The van der Waals surface area contributed by atoms with Crippen LogP contribution in [0.3, 0.4) is 0 Å². The number of carboxylic acids is 1. The minimum Gasteiger partial charge on any atom is -0.483 e. The van der Waals surface area contributed by atoms with Gasteiger partial charge in [0.25, 0.3) is 0 Å². The van der Waals surface area contributed by atoms with Gasteiger partial charge in [-0.3, -0.25) is 0 Å². The van der Waals surface area contributed by atoms with Gasteiger partial charge in [0.2, 0.25) is 5.76 Å². The second kappa shape index (κ2) is 2.09. The van der Waals surface area contributed by atoms with E-state index >= 15 is 0 Å². The Labute approximate surface area is 52.9 Å². The van der Waals surface area contributed by atoms with E-state index in [1.807, 2.05) is 6.92 Å². The lowest BCUT2D eigenvalue weighted by Gasteiger charge is -2.02. The standard InChI is InChI=1S/C6H8O3/c1-4-2-3-5(9-4)6(7)8/h3-4H,2H2,1H3,(H,7,8). The van der Waals surface area contributed by atoms with E-state index < -0.39 is 5.97 Å². The number of ether oxygens (including phenoxy) is 1. The molecule has 0 bridgehead atoms. The van der Waals surface area contributed by atoms with E-state index in [2.05, 4.69) is 0 Å². The van der Waals surface area contributed by atoms with E-state index in [4.69, 9.17) is 9.84 Å². The number of carboxylic acid groups (broad SMARTS) is 1. The first-order valence-corrected chi connectivity index (χ1v) is 2.80. The molecule has 3 heteroatoms. The molecule has 1 atom stereocenters. The molecule has 0 aromatic rings. The maximum absolute atomic E-state index is 10.2. The Morgan fingerprint density at radius 1 is 2.00 bits per heavy atom. The Morgan fingerprint density at radius 3 is 2.89 bits per heavy atom. The number of hydrogen-bond donors (Lipinski definition) is 1. The molecular formula is C6H8O3. The van der Waals surface area contributed by atoms with Gasteiger partial charge in [0.05, 0.1) is 6.10 Å². The summed E-state index contributed by atoms with van der Waals surface area (Å²) in [5.74, 6) is -0.887. The van der Waals surface area contributed by atoms with Gasteiger partial charge in [-0.2, -0.15) is 0 Å². The van der Waals surface area contributed by atoms with Crippen molar-refractivity contribution >= 4 is 5.97 Å². The zero-order valence-electron chi connectivity index (χ0n) is 5.13. The first kappa shape index (κ1) is 6.13. The van der Waals surface area contributed by atoms with Crippen LogP contribution in [0.15, 0.2) is 11.8 Å². The van der Waals surface area contributed by atoms with Gasteiger partial charge in [-0.1, -0.05) is 0 Å². The van der Waals surface area contributed by atoms with Crippen LogP contribution in [0.5, 0.6) is 0 Å². The van der Waals surface area contributed by atoms with E-state index in [-0.39, 0.29) is 11.9 Å². The molecular weight excluding hydrogens is 120 g/mol. The third-order valence-electron chi connectivity index (χ3n) is 1.17. The smallest absolute Gasteiger partial charge is 0.370 e. The average molecular weight is 128 g/mol. The Morgan fingerprint density at radius 2 is 2.67 bits per heavy atom. The fourth-order valence-electron chi connectivity index (χ4n) is 0.724. The third-order valence-corrected chi connectivity index (χ3v) is 1.17. The van der Waals surface area contributed by atoms with E-state index in [0.29, 0.717) is 6.42 Å². The van der Waals surface area contributed by atoms with Gasteiger partial charge in [-0.05, 0) is 13.0 Å². The highest BCUT2D eigenvalue weighted by atomic mass is 16.5. The summed E-state index contributed by atoms with van der Waals surface area (Å²) in [6.45, 7) is 1.84. The van der Waals surface area contributed by atoms with E-state index in [0.717, 1.165) is 0 Å². The fraction of sp³-hybridized carbons (Fsp3) is 0.500. The van der Waals surface area contributed by atoms with E-state index in [9.17, 15) is 4.79 Å². The van der Waals surface area contributed by atoms with Gasteiger partial charge < -0.3 is 9.84 Å². The van der Waals surface area contributed by atoms with Crippen molar-refractivity contribution in [2.45, 2.75) is 19.4 Å². The second-order valence-corrected chi connectivity index (χ2v) is 2.04. The number of aliphatic carboxylic acids is 1. The lowest BCUT2D eigenvalue weighted by molar-refractivity contribution is -0.136. The van der Waals surface area contributed by atoms with Crippen LogP contribution in [0.25, 0.3) is 0 Å². The normalized spacial score (nSPS) is 25.0. The summed E-state index contributed by atoms with van der Waals surface area (Å²) < 4.78 is 4.88. The van der Waals surface area contributed by atoms with E-state index in [1.165, 1.54) is 0 Å². The maximum atomic E-state index is 10.2. The molecule has 50 valence electrons. The molecule has 3 nitrogen and oxygen atoms in total. The Bertz CT molecular complexity index is 160. The first-order valence-electron chi connectivity index (χ1n) is 2.80. The number of rotatable bonds is 1. The van der Waals surface area contributed by atoms with Gasteiger partial charge in [0, 0.05) is 6.42 Å². The lowest BCUT2D eigenvalue weighted by atomic mass is 10.3. The summed E-state index contributed by atoms with van der Waals surface area (Å²) in [5, 5.41) is 8.34. The fourth-order valence-corrected chi connectivity index (χ4v) is 0.724. The maximum Gasteiger partial charge on any atom is 0.370 e. The molecule has 0 saturated heterocycles. The summed E-state index contributed by atoms with van der Waals surface area (Å²) in [5.41, 5.74) is 0. The van der Waals surface area contributed by atoms with Crippen LogP contribution in [0.1, 0.15) is 13.3 Å². The summed E-state index contributed by atoms with van der Waals surface area (Å²) in [4.78, 5) is 10.2. The SMILES string of the molecule is CC1CC=C(C(=O)O)O1. The molecule has 0 radical (unpaired) electrons. The van der Waals surface area contributed by atoms with Crippen molar-refractivity contribution in [2.24, 2.45) is 0 Å². The largest absolute Gasteiger partial charge is 0.483 e. The second-order valence-electron chi connectivity index (χ2n) is 2.04. The van der Waals surface area contributed by atoms with Gasteiger partial charge >= 0.3 is 5.97 Å². The van der Waals surface area contributed by atoms with Crippen LogP contribution < -0.4 is 0 Å². The highest BCUT2D eigenvalue weighted by molar-refractivity contribution is 5.84. The molecule has 1 heterocycles. The van der Waals surface area contributed by atoms with Crippen LogP contribution >= 0.6 is 0 Å². The van der Waals surface area contributed by atoms with Gasteiger partial charge in [0.1, 0.15) is 0 Å². The molecule has 0 amide bonds. The van der Waals surface area contributed by atoms with Crippen molar-refractivity contribution in [2.75, 3.05) is 0 Å². The molecule has 0 aliphatic carbocycles. The van der Waals surface area contributed by atoms with Gasteiger partial charge in [0.15, 0.2) is 0 Å². The van der Waals surface area contributed by atoms with Crippen molar-refractivity contribution in [3.63, 3.8) is 0 Å². The molecule has 1 aliphatic rings. The van der Waals surface area contributed by atoms with Crippen molar-refractivity contribution in [3.05, 3.63) is 11.8 Å².